The van der Waals surface area contributed by atoms with Crippen LogP contribution in [0.4, 0.5) is 0 Å². The van der Waals surface area contributed by atoms with E-state index in [0.29, 0.717) is 5.56 Å². The van der Waals surface area contributed by atoms with E-state index in [1.807, 2.05) is 0 Å². The number of phenolic OH excluding ortho intramolecular Hbond substituents is 3. The van der Waals surface area contributed by atoms with Crippen LogP contribution in [-0.2, 0) is 14.3 Å². The largest absolute Gasteiger partial charge is 0.508 e. The molecule has 1 aliphatic heterocycles. The lowest BCUT2D eigenvalue weighted by Crippen LogP contribution is -2.60. The minimum atomic E-state index is -1.67. The highest BCUT2D eigenvalue weighted by Crippen LogP contribution is 2.29. The third-order valence-electron chi connectivity index (χ3n) is 4.49. The second-order valence-corrected chi connectivity index (χ2v) is 6.87. The van der Waals surface area contributed by atoms with E-state index in [9.17, 15) is 35.4 Å². The molecule has 1 aliphatic rings. The molecule has 2 aromatic rings. The van der Waals surface area contributed by atoms with Crippen molar-refractivity contribution in [2.45, 2.75) is 30.7 Å². The Morgan fingerprint density at radius 1 is 0.903 bits per heavy atom. The Hall–Kier alpha value is -3.31. The van der Waals surface area contributed by atoms with E-state index in [4.69, 9.17) is 14.2 Å². The van der Waals surface area contributed by atoms with Crippen LogP contribution in [0.2, 0.25) is 0 Å². The number of carbonyl (C=O) groups is 1. The molecule has 10 heteroatoms. The van der Waals surface area contributed by atoms with Crippen molar-refractivity contribution in [3.05, 3.63) is 54.1 Å². The van der Waals surface area contributed by atoms with Gasteiger partial charge in [0.15, 0.2) is 0 Å². The summed E-state index contributed by atoms with van der Waals surface area (Å²) in [6.07, 6.45) is -4.99. The van der Waals surface area contributed by atoms with Crippen molar-refractivity contribution in [2.75, 3.05) is 6.61 Å². The van der Waals surface area contributed by atoms with Crippen molar-refractivity contribution >= 4 is 12.0 Å². The highest BCUT2D eigenvalue weighted by atomic mass is 16.7. The minimum absolute atomic E-state index is 0.0577. The van der Waals surface area contributed by atoms with Gasteiger partial charge in [-0.25, -0.2) is 4.79 Å². The van der Waals surface area contributed by atoms with Crippen LogP contribution in [0.15, 0.2) is 48.5 Å². The number of aliphatic hydroxyl groups is 3. The predicted molar refractivity (Wildman–Crippen MR) is 105 cm³/mol. The maximum absolute atomic E-state index is 11.9. The van der Waals surface area contributed by atoms with Crippen molar-refractivity contribution in [1.29, 1.82) is 0 Å². The first-order valence-corrected chi connectivity index (χ1v) is 9.26. The van der Waals surface area contributed by atoms with Crippen LogP contribution in [-0.4, -0.2) is 73.9 Å². The quantitative estimate of drug-likeness (QED) is 0.274. The molecule has 0 aliphatic carbocycles. The Labute approximate surface area is 176 Å². The summed E-state index contributed by atoms with van der Waals surface area (Å²) in [5, 5.41) is 58.6. The van der Waals surface area contributed by atoms with Gasteiger partial charge in [-0.3, -0.25) is 0 Å². The van der Waals surface area contributed by atoms with Gasteiger partial charge in [-0.2, -0.15) is 0 Å². The topological polar surface area (TPSA) is 166 Å². The van der Waals surface area contributed by atoms with Gasteiger partial charge in [0, 0.05) is 24.3 Å². The molecule has 10 nitrogen and oxygen atoms in total. The average molecular weight is 434 g/mol. The lowest BCUT2D eigenvalue weighted by molar-refractivity contribution is -0.278. The Balaban J connectivity index is 1.60. The number of aromatic hydroxyl groups is 3. The molecule has 0 radical (unpaired) electrons. The Bertz CT molecular complexity index is 906. The molecule has 0 unspecified atom stereocenters. The molecule has 1 heterocycles. The first kappa shape index (κ1) is 22.4. The summed E-state index contributed by atoms with van der Waals surface area (Å²) in [6, 6.07) is 9.45. The van der Waals surface area contributed by atoms with Crippen molar-refractivity contribution in [3.8, 4) is 23.0 Å². The van der Waals surface area contributed by atoms with Gasteiger partial charge in [0.05, 0.1) is 0 Å². The van der Waals surface area contributed by atoms with E-state index in [0.717, 1.165) is 24.3 Å². The molecule has 31 heavy (non-hydrogen) atoms. The monoisotopic (exact) mass is 434 g/mol. The molecule has 2 aromatic carbocycles. The molecule has 0 aromatic heterocycles. The number of phenols is 3. The second-order valence-electron chi connectivity index (χ2n) is 6.87. The van der Waals surface area contributed by atoms with Gasteiger partial charge < -0.3 is 44.8 Å². The van der Waals surface area contributed by atoms with Crippen molar-refractivity contribution in [2.24, 2.45) is 0 Å². The molecule has 0 amide bonds. The molecular weight excluding hydrogens is 412 g/mol. The fourth-order valence-corrected chi connectivity index (χ4v) is 2.88. The van der Waals surface area contributed by atoms with Gasteiger partial charge in [0.2, 0.25) is 6.29 Å². The highest BCUT2D eigenvalue weighted by molar-refractivity contribution is 5.87. The molecule has 0 spiro atoms. The summed E-state index contributed by atoms with van der Waals surface area (Å²) in [5.74, 6) is -1.32. The third kappa shape index (κ3) is 5.86. The number of hydrogen-bond acceptors (Lipinski definition) is 10. The third-order valence-corrected chi connectivity index (χ3v) is 4.49. The number of carbonyl (C=O) groups excluding carboxylic acids is 1. The van der Waals surface area contributed by atoms with Crippen LogP contribution >= 0.6 is 0 Å². The number of ether oxygens (including phenoxy) is 3. The van der Waals surface area contributed by atoms with Crippen LogP contribution in [0.1, 0.15) is 5.56 Å². The number of hydrogen-bond donors (Lipinski definition) is 6. The van der Waals surface area contributed by atoms with Gasteiger partial charge in [0.25, 0.3) is 0 Å². The van der Waals surface area contributed by atoms with Gasteiger partial charge in [-0.15, -0.1) is 0 Å². The first-order valence-electron chi connectivity index (χ1n) is 9.26. The summed E-state index contributed by atoms with van der Waals surface area (Å²) < 4.78 is 15.8. The second kappa shape index (κ2) is 9.67. The molecule has 0 saturated carbocycles. The molecular formula is C21H22O10. The molecule has 166 valence electrons. The minimum Gasteiger partial charge on any atom is -0.508 e. The van der Waals surface area contributed by atoms with E-state index in [2.05, 4.69) is 0 Å². The fraction of sp³-hybridized carbons (Fsp3) is 0.286. The smallest absolute Gasteiger partial charge is 0.330 e. The number of aliphatic hydroxyl groups excluding tert-OH is 3. The highest BCUT2D eigenvalue weighted by Gasteiger charge is 2.45. The molecule has 0 bridgehead atoms. The maximum Gasteiger partial charge on any atom is 0.330 e. The summed E-state index contributed by atoms with van der Waals surface area (Å²) in [5.41, 5.74) is 0.644. The molecule has 3 rings (SSSR count). The summed E-state index contributed by atoms with van der Waals surface area (Å²) in [7, 11) is 0. The molecule has 6 N–H and O–H groups in total. The van der Waals surface area contributed by atoms with E-state index in [-0.39, 0.29) is 23.0 Å². The van der Waals surface area contributed by atoms with Crippen LogP contribution in [0.5, 0.6) is 23.0 Å². The van der Waals surface area contributed by atoms with Crippen molar-refractivity contribution in [1.82, 2.24) is 0 Å². The van der Waals surface area contributed by atoms with Crippen molar-refractivity contribution < 1.29 is 49.6 Å². The lowest BCUT2D eigenvalue weighted by atomic mass is 9.99. The zero-order valence-corrected chi connectivity index (χ0v) is 16.1. The zero-order chi connectivity index (χ0) is 22.5. The molecule has 1 saturated heterocycles. The predicted octanol–water partition coefficient (Wildman–Crippen LogP) is 0.246. The van der Waals surface area contributed by atoms with E-state index >= 15 is 0 Å². The van der Waals surface area contributed by atoms with E-state index < -0.39 is 43.3 Å². The normalized spacial score (nSPS) is 26.0. The van der Waals surface area contributed by atoms with Crippen LogP contribution in [0.3, 0.4) is 0 Å². The molecule has 5 atom stereocenters. The maximum atomic E-state index is 11.9. The average Bonchev–Trinajstić information content (AvgIpc) is 2.72. The van der Waals surface area contributed by atoms with Gasteiger partial charge in [-0.1, -0.05) is 12.1 Å². The van der Waals surface area contributed by atoms with Crippen LogP contribution in [0, 0.1) is 0 Å². The SMILES string of the molecule is O=C(/C=C/c1ccc(O)cc1)OC[C@H]1O[C@@H](Oc2cc(O)cc(O)c2)[C@H](O)[C@H](O)[C@@H]1O. The van der Waals surface area contributed by atoms with Crippen LogP contribution < -0.4 is 4.74 Å². The standard InChI is InChI=1S/C21H22O10/c22-12-4-1-11(2-5-12)3-6-17(25)29-10-16-18(26)19(27)20(28)21(31-16)30-15-8-13(23)7-14(24)9-15/h1-9,16,18-24,26-28H,10H2/b6-3+/t16-,18-,19-,20-,21-/m1/s1. The number of benzene rings is 2. The van der Waals surface area contributed by atoms with Crippen molar-refractivity contribution in [3.63, 3.8) is 0 Å². The van der Waals surface area contributed by atoms with E-state index in [1.165, 1.54) is 18.2 Å². The lowest BCUT2D eigenvalue weighted by Gasteiger charge is -2.39. The zero-order valence-electron chi connectivity index (χ0n) is 16.1. The number of rotatable bonds is 6. The number of esters is 1. The molecule has 1 fully saturated rings. The Morgan fingerprint density at radius 2 is 1.55 bits per heavy atom. The summed E-state index contributed by atoms with van der Waals surface area (Å²) in [4.78, 5) is 11.9. The van der Waals surface area contributed by atoms with Gasteiger partial charge in [-0.05, 0) is 23.8 Å². The van der Waals surface area contributed by atoms with Crippen LogP contribution in [0.25, 0.3) is 6.08 Å². The Morgan fingerprint density at radius 3 is 2.19 bits per heavy atom. The van der Waals surface area contributed by atoms with E-state index in [1.54, 1.807) is 12.1 Å². The Kier molecular flexibility index (Phi) is 6.98. The summed E-state index contributed by atoms with van der Waals surface area (Å²) in [6.45, 7) is -0.450. The van der Waals surface area contributed by atoms with Gasteiger partial charge in [0.1, 0.15) is 54.0 Å². The fourth-order valence-electron chi connectivity index (χ4n) is 2.88. The first-order chi connectivity index (χ1) is 14.7. The summed E-state index contributed by atoms with van der Waals surface area (Å²) >= 11 is 0. The van der Waals surface area contributed by atoms with Gasteiger partial charge >= 0.3 is 5.97 Å².